The van der Waals surface area contributed by atoms with Crippen molar-refractivity contribution in [1.82, 2.24) is 20.8 Å². The number of ether oxygens (including phenoxy) is 1. The summed E-state index contributed by atoms with van der Waals surface area (Å²) in [7, 11) is 0. The second kappa shape index (κ2) is 7.04. The molecule has 0 aliphatic carbocycles. The summed E-state index contributed by atoms with van der Waals surface area (Å²) in [5.41, 5.74) is 0.395. The van der Waals surface area contributed by atoms with E-state index in [1.165, 1.54) is 0 Å². The van der Waals surface area contributed by atoms with Gasteiger partial charge in [-0.25, -0.2) is 4.79 Å². The van der Waals surface area contributed by atoms with Gasteiger partial charge in [0.25, 0.3) is 0 Å². The summed E-state index contributed by atoms with van der Waals surface area (Å²) in [5, 5.41) is 13.7. The minimum atomic E-state index is -0.472. The maximum atomic E-state index is 11.5. The molecule has 0 bridgehead atoms. The van der Waals surface area contributed by atoms with E-state index in [1.807, 2.05) is 39.8 Å². The van der Waals surface area contributed by atoms with Crippen molar-refractivity contribution in [3.05, 3.63) is 24.0 Å². The molecule has 1 aromatic rings. The SMILES string of the molecule is CC(CNC(=O)OC(C)(C)C)NCc1cccnn1. The van der Waals surface area contributed by atoms with Crippen LogP contribution in [-0.4, -0.2) is 34.5 Å². The average molecular weight is 266 g/mol. The number of nitrogens with one attached hydrogen (secondary N) is 2. The zero-order valence-electron chi connectivity index (χ0n) is 11.9. The van der Waals surface area contributed by atoms with Gasteiger partial charge in [0, 0.05) is 25.3 Å². The van der Waals surface area contributed by atoms with E-state index in [2.05, 4.69) is 20.8 Å². The Morgan fingerprint density at radius 1 is 1.47 bits per heavy atom. The molecule has 0 saturated carbocycles. The second-order valence-electron chi connectivity index (χ2n) is 5.38. The molecule has 1 rings (SSSR count). The van der Waals surface area contributed by atoms with Crippen LogP contribution in [-0.2, 0) is 11.3 Å². The summed E-state index contributed by atoms with van der Waals surface area (Å²) in [6.45, 7) is 8.60. The van der Waals surface area contributed by atoms with Crippen LogP contribution >= 0.6 is 0 Å². The highest BCUT2D eigenvalue weighted by molar-refractivity contribution is 5.67. The quantitative estimate of drug-likeness (QED) is 0.844. The lowest BCUT2D eigenvalue weighted by atomic mass is 10.2. The lowest BCUT2D eigenvalue weighted by Gasteiger charge is -2.21. The molecule has 1 amide bonds. The molecule has 1 atom stereocenters. The minimum Gasteiger partial charge on any atom is -0.444 e. The number of hydrogen-bond donors (Lipinski definition) is 2. The molecule has 0 aliphatic rings. The molecule has 106 valence electrons. The van der Waals surface area contributed by atoms with Crippen molar-refractivity contribution in [2.24, 2.45) is 0 Å². The van der Waals surface area contributed by atoms with E-state index in [4.69, 9.17) is 4.74 Å². The zero-order chi connectivity index (χ0) is 14.3. The normalized spacial score (nSPS) is 12.8. The molecule has 0 radical (unpaired) electrons. The van der Waals surface area contributed by atoms with Crippen molar-refractivity contribution in [2.75, 3.05) is 6.54 Å². The summed E-state index contributed by atoms with van der Waals surface area (Å²) >= 11 is 0. The molecular formula is C13H22N4O2. The van der Waals surface area contributed by atoms with Gasteiger partial charge >= 0.3 is 6.09 Å². The number of rotatable bonds is 5. The van der Waals surface area contributed by atoms with Crippen LogP contribution in [0, 0.1) is 0 Å². The lowest BCUT2D eigenvalue weighted by molar-refractivity contribution is 0.0523. The fourth-order valence-corrected chi connectivity index (χ4v) is 1.33. The Labute approximate surface area is 113 Å². The topological polar surface area (TPSA) is 76.1 Å². The lowest BCUT2D eigenvalue weighted by Crippen LogP contribution is -2.41. The fraction of sp³-hybridized carbons (Fsp3) is 0.615. The van der Waals surface area contributed by atoms with Gasteiger partial charge < -0.3 is 15.4 Å². The van der Waals surface area contributed by atoms with E-state index in [1.54, 1.807) is 6.20 Å². The molecule has 0 spiro atoms. The maximum absolute atomic E-state index is 11.5. The minimum absolute atomic E-state index is 0.120. The molecule has 6 heteroatoms. The number of hydrogen-bond acceptors (Lipinski definition) is 5. The van der Waals surface area contributed by atoms with Crippen molar-refractivity contribution in [1.29, 1.82) is 0 Å². The highest BCUT2D eigenvalue weighted by atomic mass is 16.6. The van der Waals surface area contributed by atoms with Gasteiger partial charge in [-0.15, -0.1) is 0 Å². The van der Waals surface area contributed by atoms with Crippen LogP contribution in [0.2, 0.25) is 0 Å². The van der Waals surface area contributed by atoms with Crippen molar-refractivity contribution in [3.63, 3.8) is 0 Å². The Morgan fingerprint density at radius 3 is 2.79 bits per heavy atom. The molecule has 0 saturated heterocycles. The van der Waals surface area contributed by atoms with Crippen molar-refractivity contribution in [2.45, 2.75) is 45.9 Å². The molecule has 19 heavy (non-hydrogen) atoms. The Kier molecular flexibility index (Phi) is 5.69. The van der Waals surface area contributed by atoms with Crippen LogP contribution in [0.4, 0.5) is 4.79 Å². The van der Waals surface area contributed by atoms with Gasteiger partial charge in [0.15, 0.2) is 0 Å². The number of carbonyl (C=O) groups excluding carboxylic acids is 1. The van der Waals surface area contributed by atoms with E-state index in [0.29, 0.717) is 13.1 Å². The number of aromatic nitrogens is 2. The maximum Gasteiger partial charge on any atom is 0.407 e. The van der Waals surface area contributed by atoms with Crippen LogP contribution in [0.1, 0.15) is 33.4 Å². The molecule has 0 aliphatic heterocycles. The monoisotopic (exact) mass is 266 g/mol. The Bertz CT molecular complexity index is 389. The third-order valence-electron chi connectivity index (χ3n) is 2.21. The van der Waals surface area contributed by atoms with Crippen molar-refractivity contribution < 1.29 is 9.53 Å². The van der Waals surface area contributed by atoms with Crippen molar-refractivity contribution >= 4 is 6.09 Å². The third kappa shape index (κ3) is 7.35. The highest BCUT2D eigenvalue weighted by Gasteiger charge is 2.16. The third-order valence-corrected chi connectivity index (χ3v) is 2.21. The smallest absolute Gasteiger partial charge is 0.407 e. The summed E-state index contributed by atoms with van der Waals surface area (Å²) in [5.74, 6) is 0. The van der Waals surface area contributed by atoms with Gasteiger partial charge in [0.2, 0.25) is 0 Å². The van der Waals surface area contributed by atoms with Gasteiger partial charge in [-0.05, 0) is 39.8 Å². The summed E-state index contributed by atoms with van der Waals surface area (Å²) in [6, 6.07) is 3.86. The van der Waals surface area contributed by atoms with E-state index in [9.17, 15) is 4.79 Å². The van der Waals surface area contributed by atoms with Crippen LogP contribution in [0.25, 0.3) is 0 Å². The molecule has 1 heterocycles. The zero-order valence-corrected chi connectivity index (χ0v) is 11.9. The fourth-order valence-electron chi connectivity index (χ4n) is 1.33. The van der Waals surface area contributed by atoms with Crippen molar-refractivity contribution in [3.8, 4) is 0 Å². The number of alkyl carbamates (subject to hydrolysis) is 1. The molecule has 1 aromatic heterocycles. The largest absolute Gasteiger partial charge is 0.444 e. The van der Waals surface area contributed by atoms with Gasteiger partial charge in [-0.2, -0.15) is 10.2 Å². The summed E-state index contributed by atoms with van der Waals surface area (Å²) in [4.78, 5) is 11.5. The predicted molar refractivity (Wildman–Crippen MR) is 72.6 cm³/mol. The van der Waals surface area contributed by atoms with E-state index in [0.717, 1.165) is 5.69 Å². The Balaban J connectivity index is 2.21. The first-order valence-electron chi connectivity index (χ1n) is 6.33. The molecule has 0 fully saturated rings. The first-order valence-corrected chi connectivity index (χ1v) is 6.33. The van der Waals surface area contributed by atoms with Crippen LogP contribution in [0.3, 0.4) is 0 Å². The summed E-state index contributed by atoms with van der Waals surface area (Å²) in [6.07, 6.45) is 1.23. The Hall–Kier alpha value is -1.69. The molecule has 6 nitrogen and oxygen atoms in total. The molecule has 2 N–H and O–H groups in total. The number of carbonyl (C=O) groups is 1. The molecule has 1 unspecified atom stereocenters. The van der Waals surface area contributed by atoms with E-state index >= 15 is 0 Å². The highest BCUT2D eigenvalue weighted by Crippen LogP contribution is 2.06. The van der Waals surface area contributed by atoms with Gasteiger partial charge in [-0.3, -0.25) is 0 Å². The van der Waals surface area contributed by atoms with Gasteiger partial charge in [-0.1, -0.05) is 0 Å². The average Bonchev–Trinajstić information content (AvgIpc) is 2.33. The van der Waals surface area contributed by atoms with E-state index in [-0.39, 0.29) is 6.04 Å². The first-order chi connectivity index (χ1) is 8.87. The number of nitrogens with zero attached hydrogens (tertiary/aromatic N) is 2. The predicted octanol–water partition coefficient (Wildman–Crippen LogP) is 1.48. The molecular weight excluding hydrogens is 244 g/mol. The summed E-state index contributed by atoms with van der Waals surface area (Å²) < 4.78 is 5.15. The first kappa shape index (κ1) is 15.4. The van der Waals surface area contributed by atoms with Gasteiger partial charge in [0.1, 0.15) is 5.60 Å². The van der Waals surface area contributed by atoms with Crippen LogP contribution < -0.4 is 10.6 Å². The van der Waals surface area contributed by atoms with Crippen LogP contribution in [0.5, 0.6) is 0 Å². The number of amides is 1. The van der Waals surface area contributed by atoms with Crippen LogP contribution in [0.15, 0.2) is 18.3 Å². The van der Waals surface area contributed by atoms with Gasteiger partial charge in [0.05, 0.1) is 5.69 Å². The second-order valence-corrected chi connectivity index (χ2v) is 5.38. The standard InChI is InChI=1S/C13H22N4O2/c1-10(8-15-12(18)19-13(2,3)4)14-9-11-6-5-7-16-17-11/h5-7,10,14H,8-9H2,1-4H3,(H,15,18). The molecule has 0 aromatic carbocycles. The Morgan fingerprint density at radius 2 is 2.21 bits per heavy atom. The van der Waals surface area contributed by atoms with E-state index < -0.39 is 11.7 Å².